The third-order valence-corrected chi connectivity index (χ3v) is 2.66. The summed E-state index contributed by atoms with van der Waals surface area (Å²) in [4.78, 5) is 0. The summed E-state index contributed by atoms with van der Waals surface area (Å²) in [6.45, 7) is 8.93. The maximum Gasteiger partial charge on any atom is -0.00460 e. The van der Waals surface area contributed by atoms with Crippen molar-refractivity contribution in [1.82, 2.24) is 5.32 Å². The van der Waals surface area contributed by atoms with Gasteiger partial charge in [0.1, 0.15) is 0 Å². The Morgan fingerprint density at radius 1 is 1.50 bits per heavy atom. The van der Waals surface area contributed by atoms with Crippen LogP contribution in [0.1, 0.15) is 40.0 Å². The summed E-state index contributed by atoms with van der Waals surface area (Å²) >= 11 is 0. The Kier molecular flexibility index (Phi) is 4.95. The Morgan fingerprint density at radius 2 is 2.29 bits per heavy atom. The highest BCUT2D eigenvalue weighted by atomic mass is 14.8. The summed E-state index contributed by atoms with van der Waals surface area (Å²) in [5.74, 6) is 0.745. The van der Waals surface area contributed by atoms with Gasteiger partial charge in [0.05, 0.1) is 0 Å². The molecule has 1 heteroatoms. The first kappa shape index (κ1) is 11.5. The van der Waals surface area contributed by atoms with Crippen molar-refractivity contribution in [3.8, 4) is 0 Å². The zero-order valence-electron chi connectivity index (χ0n) is 9.77. The summed E-state index contributed by atoms with van der Waals surface area (Å²) in [5, 5.41) is 3.37. The van der Waals surface area contributed by atoms with Gasteiger partial charge >= 0.3 is 0 Å². The van der Waals surface area contributed by atoms with Crippen LogP contribution < -0.4 is 5.32 Å². The van der Waals surface area contributed by atoms with Crippen molar-refractivity contribution in [2.45, 2.75) is 40.0 Å². The minimum atomic E-state index is 0.745. The maximum absolute atomic E-state index is 3.37. The van der Waals surface area contributed by atoms with Crippen LogP contribution in [0.4, 0.5) is 0 Å². The summed E-state index contributed by atoms with van der Waals surface area (Å²) in [5.41, 5.74) is 3.08. The average Bonchev–Trinajstić information content (AvgIpc) is 2.11. The molecule has 0 heterocycles. The summed E-state index contributed by atoms with van der Waals surface area (Å²) in [6.07, 6.45) is 8.55. The molecule has 1 rings (SSSR count). The first-order valence-corrected chi connectivity index (χ1v) is 5.81. The molecule has 0 fully saturated rings. The number of hydrogen-bond donors (Lipinski definition) is 1. The molecule has 0 aromatic rings. The minimum absolute atomic E-state index is 0.745. The molecule has 14 heavy (non-hydrogen) atoms. The second kappa shape index (κ2) is 6.02. The summed E-state index contributed by atoms with van der Waals surface area (Å²) in [7, 11) is 0. The van der Waals surface area contributed by atoms with Crippen molar-refractivity contribution in [2.24, 2.45) is 5.92 Å². The third kappa shape index (κ3) is 4.10. The zero-order chi connectivity index (χ0) is 10.4. The minimum Gasteiger partial charge on any atom is -0.317 e. The predicted octanol–water partition coefficient (Wildman–Crippen LogP) is 3.29. The van der Waals surface area contributed by atoms with Gasteiger partial charge < -0.3 is 5.32 Å². The van der Waals surface area contributed by atoms with Gasteiger partial charge in [0, 0.05) is 0 Å². The van der Waals surface area contributed by atoms with E-state index < -0.39 is 0 Å². The van der Waals surface area contributed by atoms with E-state index in [4.69, 9.17) is 0 Å². The Bertz CT molecular complexity index is 225. The lowest BCUT2D eigenvalue weighted by atomic mass is 9.90. The fourth-order valence-electron chi connectivity index (χ4n) is 2.14. The van der Waals surface area contributed by atoms with Gasteiger partial charge in [0.25, 0.3) is 0 Å². The Morgan fingerprint density at radius 3 is 2.93 bits per heavy atom. The molecule has 80 valence electrons. The van der Waals surface area contributed by atoms with E-state index in [1.807, 2.05) is 0 Å². The Labute approximate surface area is 88.3 Å². The van der Waals surface area contributed by atoms with Crippen LogP contribution in [0.25, 0.3) is 0 Å². The molecule has 0 aliphatic heterocycles. The molecule has 0 radical (unpaired) electrons. The molecule has 1 N–H and O–H groups in total. The van der Waals surface area contributed by atoms with E-state index >= 15 is 0 Å². The van der Waals surface area contributed by atoms with E-state index in [1.165, 1.54) is 24.8 Å². The number of allylic oxidation sites excluding steroid dienone is 4. The first-order chi connectivity index (χ1) is 6.72. The highest BCUT2D eigenvalue weighted by Crippen LogP contribution is 2.24. The predicted molar refractivity (Wildman–Crippen MR) is 63.4 cm³/mol. The smallest absolute Gasteiger partial charge is 0.00460 e. The Hall–Kier alpha value is -0.560. The van der Waals surface area contributed by atoms with Crippen LogP contribution in [0.2, 0.25) is 0 Å². The molecule has 0 aromatic heterocycles. The monoisotopic (exact) mass is 193 g/mol. The fourth-order valence-corrected chi connectivity index (χ4v) is 2.14. The van der Waals surface area contributed by atoms with E-state index in [9.17, 15) is 0 Å². The van der Waals surface area contributed by atoms with Gasteiger partial charge in [-0.15, -0.1) is 0 Å². The molecule has 1 unspecified atom stereocenters. The molecule has 1 nitrogen and oxygen atoms in total. The molecule has 1 atom stereocenters. The zero-order valence-corrected chi connectivity index (χ0v) is 9.77. The van der Waals surface area contributed by atoms with Gasteiger partial charge in [0.15, 0.2) is 0 Å². The number of hydrogen-bond acceptors (Lipinski definition) is 1. The van der Waals surface area contributed by atoms with Crippen LogP contribution in [0.5, 0.6) is 0 Å². The van der Waals surface area contributed by atoms with Crippen molar-refractivity contribution in [1.29, 1.82) is 0 Å². The summed E-state index contributed by atoms with van der Waals surface area (Å²) in [6, 6.07) is 0. The van der Waals surface area contributed by atoms with E-state index in [1.54, 1.807) is 5.57 Å². The van der Waals surface area contributed by atoms with Crippen molar-refractivity contribution in [3.63, 3.8) is 0 Å². The molecule has 1 aliphatic carbocycles. The normalized spacial score (nSPS) is 21.8. The van der Waals surface area contributed by atoms with Gasteiger partial charge in [-0.25, -0.2) is 0 Å². The van der Waals surface area contributed by atoms with E-state index in [0.717, 1.165) is 19.0 Å². The van der Waals surface area contributed by atoms with Gasteiger partial charge in [0.2, 0.25) is 0 Å². The lowest BCUT2D eigenvalue weighted by molar-refractivity contribution is 0.626. The summed E-state index contributed by atoms with van der Waals surface area (Å²) < 4.78 is 0. The molecule has 1 aliphatic rings. The van der Waals surface area contributed by atoms with Crippen LogP contribution in [-0.2, 0) is 0 Å². The highest BCUT2D eigenvalue weighted by molar-refractivity contribution is 5.27. The standard InChI is InChI=1S/C13H23N/c1-4-14-7-5-6-13-9-11(2)8-12(3)10-13/h8-9,12,14H,4-7,10H2,1-3H3. The average molecular weight is 193 g/mol. The van der Waals surface area contributed by atoms with Crippen LogP contribution >= 0.6 is 0 Å². The topological polar surface area (TPSA) is 12.0 Å². The second-order valence-corrected chi connectivity index (χ2v) is 4.35. The van der Waals surface area contributed by atoms with Crippen LogP contribution in [0, 0.1) is 5.92 Å². The van der Waals surface area contributed by atoms with Crippen molar-refractivity contribution < 1.29 is 0 Å². The first-order valence-electron chi connectivity index (χ1n) is 5.81. The van der Waals surface area contributed by atoms with Crippen LogP contribution in [-0.4, -0.2) is 13.1 Å². The quantitative estimate of drug-likeness (QED) is 0.661. The molecule has 0 bridgehead atoms. The number of rotatable bonds is 5. The van der Waals surface area contributed by atoms with E-state index in [0.29, 0.717) is 0 Å². The largest absolute Gasteiger partial charge is 0.317 e. The highest BCUT2D eigenvalue weighted by Gasteiger charge is 2.08. The van der Waals surface area contributed by atoms with Gasteiger partial charge in [-0.2, -0.15) is 0 Å². The van der Waals surface area contributed by atoms with E-state index in [2.05, 4.69) is 38.2 Å². The molecule has 0 spiro atoms. The van der Waals surface area contributed by atoms with Gasteiger partial charge in [-0.05, 0) is 45.2 Å². The molecular formula is C13H23N. The lowest BCUT2D eigenvalue weighted by Gasteiger charge is -2.17. The van der Waals surface area contributed by atoms with Crippen LogP contribution in [0.15, 0.2) is 23.3 Å². The fraction of sp³-hybridized carbons (Fsp3) is 0.692. The SMILES string of the molecule is CCNCCCC1=CC(C)=CC(C)C1. The molecular weight excluding hydrogens is 170 g/mol. The lowest BCUT2D eigenvalue weighted by Crippen LogP contribution is -2.14. The van der Waals surface area contributed by atoms with Crippen molar-refractivity contribution in [2.75, 3.05) is 13.1 Å². The van der Waals surface area contributed by atoms with E-state index in [-0.39, 0.29) is 0 Å². The van der Waals surface area contributed by atoms with Crippen LogP contribution in [0.3, 0.4) is 0 Å². The molecule has 0 saturated heterocycles. The van der Waals surface area contributed by atoms with Gasteiger partial charge in [-0.1, -0.05) is 37.1 Å². The van der Waals surface area contributed by atoms with Gasteiger partial charge in [-0.3, -0.25) is 0 Å². The molecule has 0 aromatic carbocycles. The number of nitrogens with one attached hydrogen (secondary N) is 1. The van der Waals surface area contributed by atoms with Crippen molar-refractivity contribution >= 4 is 0 Å². The van der Waals surface area contributed by atoms with Crippen molar-refractivity contribution in [3.05, 3.63) is 23.3 Å². The third-order valence-electron chi connectivity index (χ3n) is 2.66. The maximum atomic E-state index is 3.37. The molecule has 0 saturated carbocycles. The molecule has 0 amide bonds. The Balaban J connectivity index is 2.27. The second-order valence-electron chi connectivity index (χ2n) is 4.35.